The van der Waals surface area contributed by atoms with Gasteiger partial charge in [-0.3, -0.25) is 0 Å². The molecule has 0 amide bonds. The van der Waals surface area contributed by atoms with E-state index in [1.807, 2.05) is 0 Å². The van der Waals surface area contributed by atoms with Crippen LogP contribution in [0.25, 0.3) is 0 Å². The molecule has 0 saturated carbocycles. The molecule has 0 saturated heterocycles. The number of hydrogen-bond acceptors (Lipinski definition) is 2. The minimum Gasteiger partial charge on any atom is -0.472 e. The first-order chi connectivity index (χ1) is 7.66. The molecule has 2 N–H and O–H groups in total. The predicted octanol–water partition coefficient (Wildman–Crippen LogP) is 2.80. The summed E-state index contributed by atoms with van der Waals surface area (Å²) in [5.41, 5.74) is 6.85. The third-order valence-corrected chi connectivity index (χ3v) is 2.39. The third kappa shape index (κ3) is 2.28. The highest BCUT2D eigenvalue weighted by atomic mass is 19.1. The Bertz CT molecular complexity index is 468. The van der Waals surface area contributed by atoms with Crippen LogP contribution in [0.15, 0.2) is 41.2 Å². The van der Waals surface area contributed by atoms with Crippen LogP contribution < -0.4 is 5.73 Å². The Morgan fingerprint density at radius 2 is 2.06 bits per heavy atom. The second-order valence-corrected chi connectivity index (χ2v) is 3.61. The fourth-order valence-corrected chi connectivity index (χ4v) is 1.57. The molecule has 0 aliphatic rings. The van der Waals surface area contributed by atoms with Crippen molar-refractivity contribution in [1.29, 1.82) is 0 Å². The molecule has 2 nitrogen and oxygen atoms in total. The number of rotatable bonds is 3. The van der Waals surface area contributed by atoms with Gasteiger partial charge in [-0.15, -0.1) is 0 Å². The van der Waals surface area contributed by atoms with Crippen molar-refractivity contribution in [3.63, 3.8) is 0 Å². The number of furan rings is 1. The van der Waals surface area contributed by atoms with Gasteiger partial charge in [0.05, 0.1) is 12.5 Å². The summed E-state index contributed by atoms with van der Waals surface area (Å²) in [6, 6.07) is 4.45. The molecule has 2 aromatic rings. The topological polar surface area (TPSA) is 39.2 Å². The molecule has 1 heterocycles. The highest BCUT2D eigenvalue weighted by molar-refractivity contribution is 5.24. The Morgan fingerprint density at radius 3 is 2.75 bits per heavy atom. The molecule has 1 atom stereocenters. The van der Waals surface area contributed by atoms with Crippen molar-refractivity contribution in [2.24, 2.45) is 5.73 Å². The van der Waals surface area contributed by atoms with E-state index in [0.29, 0.717) is 6.42 Å². The van der Waals surface area contributed by atoms with E-state index in [4.69, 9.17) is 10.2 Å². The summed E-state index contributed by atoms with van der Waals surface area (Å²) in [7, 11) is 0. The van der Waals surface area contributed by atoms with E-state index in [2.05, 4.69) is 0 Å². The van der Waals surface area contributed by atoms with E-state index in [1.54, 1.807) is 6.07 Å². The van der Waals surface area contributed by atoms with Crippen molar-refractivity contribution in [3.05, 3.63) is 59.6 Å². The average Bonchev–Trinajstić information content (AvgIpc) is 2.74. The molecule has 2 rings (SSSR count). The Morgan fingerprint density at radius 1 is 1.25 bits per heavy atom. The quantitative estimate of drug-likeness (QED) is 0.868. The molecule has 0 fully saturated rings. The van der Waals surface area contributed by atoms with E-state index in [0.717, 1.165) is 23.8 Å². The van der Waals surface area contributed by atoms with Gasteiger partial charge >= 0.3 is 0 Å². The van der Waals surface area contributed by atoms with Gasteiger partial charge in [0.25, 0.3) is 0 Å². The number of benzene rings is 1. The minimum absolute atomic E-state index is 0.182. The molecule has 1 unspecified atom stereocenters. The second-order valence-electron chi connectivity index (χ2n) is 3.61. The molecule has 0 bridgehead atoms. The van der Waals surface area contributed by atoms with Crippen LogP contribution >= 0.6 is 0 Å². The van der Waals surface area contributed by atoms with Crippen molar-refractivity contribution in [3.8, 4) is 0 Å². The van der Waals surface area contributed by atoms with Crippen molar-refractivity contribution in [2.75, 3.05) is 0 Å². The molecule has 1 aromatic heterocycles. The number of halogens is 2. The van der Waals surface area contributed by atoms with E-state index < -0.39 is 17.7 Å². The van der Waals surface area contributed by atoms with Crippen LogP contribution in [-0.4, -0.2) is 0 Å². The van der Waals surface area contributed by atoms with E-state index in [1.165, 1.54) is 12.5 Å². The molecule has 0 aliphatic carbocycles. The first-order valence-corrected chi connectivity index (χ1v) is 4.88. The fourth-order valence-electron chi connectivity index (χ4n) is 1.57. The Labute approximate surface area is 91.7 Å². The zero-order valence-corrected chi connectivity index (χ0v) is 8.49. The lowest BCUT2D eigenvalue weighted by Crippen LogP contribution is -2.15. The van der Waals surface area contributed by atoms with Crippen LogP contribution in [0.5, 0.6) is 0 Å². The molecule has 1 aromatic carbocycles. The van der Waals surface area contributed by atoms with Gasteiger partial charge in [-0.05, 0) is 36.2 Å². The maximum Gasteiger partial charge on any atom is 0.128 e. The van der Waals surface area contributed by atoms with E-state index in [-0.39, 0.29) is 5.56 Å². The number of hydrogen-bond donors (Lipinski definition) is 1. The van der Waals surface area contributed by atoms with Crippen LogP contribution in [0, 0.1) is 11.6 Å². The zero-order valence-electron chi connectivity index (χ0n) is 8.49. The molecule has 4 heteroatoms. The fraction of sp³-hybridized carbons (Fsp3) is 0.167. The molecule has 0 radical (unpaired) electrons. The van der Waals surface area contributed by atoms with Gasteiger partial charge in [0.2, 0.25) is 0 Å². The summed E-state index contributed by atoms with van der Waals surface area (Å²) in [6.07, 6.45) is 3.47. The third-order valence-electron chi connectivity index (χ3n) is 2.39. The Hall–Kier alpha value is -1.68. The molecular weight excluding hydrogens is 212 g/mol. The number of nitrogens with two attached hydrogens (primary N) is 1. The van der Waals surface area contributed by atoms with Gasteiger partial charge in [0, 0.05) is 11.6 Å². The first kappa shape index (κ1) is 10.8. The normalized spacial score (nSPS) is 12.7. The first-order valence-electron chi connectivity index (χ1n) is 4.88. The van der Waals surface area contributed by atoms with Crippen molar-refractivity contribution in [2.45, 2.75) is 12.5 Å². The highest BCUT2D eigenvalue weighted by Gasteiger charge is 2.13. The Kier molecular flexibility index (Phi) is 3.01. The van der Waals surface area contributed by atoms with Gasteiger partial charge in [-0.2, -0.15) is 0 Å². The summed E-state index contributed by atoms with van der Waals surface area (Å²) >= 11 is 0. The minimum atomic E-state index is -0.576. The summed E-state index contributed by atoms with van der Waals surface area (Å²) in [4.78, 5) is 0. The zero-order chi connectivity index (χ0) is 11.5. The van der Waals surface area contributed by atoms with Gasteiger partial charge in [0.1, 0.15) is 11.6 Å². The largest absolute Gasteiger partial charge is 0.472 e. The smallest absolute Gasteiger partial charge is 0.128 e. The second kappa shape index (κ2) is 4.45. The lowest BCUT2D eigenvalue weighted by Gasteiger charge is -2.11. The van der Waals surface area contributed by atoms with Crippen molar-refractivity contribution >= 4 is 0 Å². The summed E-state index contributed by atoms with van der Waals surface area (Å²) < 4.78 is 31.2. The highest BCUT2D eigenvalue weighted by Crippen LogP contribution is 2.20. The average molecular weight is 223 g/mol. The van der Waals surface area contributed by atoms with Crippen LogP contribution in [0.4, 0.5) is 8.78 Å². The SMILES string of the molecule is NC(Cc1ccoc1)c1cc(F)ccc1F. The van der Waals surface area contributed by atoms with E-state index >= 15 is 0 Å². The lowest BCUT2D eigenvalue weighted by molar-refractivity contribution is 0.550. The van der Waals surface area contributed by atoms with Gasteiger partial charge in [-0.25, -0.2) is 8.78 Å². The molecule has 84 valence electrons. The van der Waals surface area contributed by atoms with Crippen molar-refractivity contribution in [1.82, 2.24) is 0 Å². The summed E-state index contributed by atoms with van der Waals surface area (Å²) in [5, 5.41) is 0. The monoisotopic (exact) mass is 223 g/mol. The standard InChI is InChI=1S/C12H11F2NO/c13-9-1-2-11(14)10(6-9)12(15)5-8-3-4-16-7-8/h1-4,6-7,12H,5,15H2. The molecular formula is C12H11F2NO. The van der Waals surface area contributed by atoms with Crippen LogP contribution in [0.2, 0.25) is 0 Å². The maximum atomic E-state index is 13.4. The van der Waals surface area contributed by atoms with Crippen LogP contribution in [0.1, 0.15) is 17.2 Å². The maximum absolute atomic E-state index is 13.4. The molecule has 16 heavy (non-hydrogen) atoms. The predicted molar refractivity (Wildman–Crippen MR) is 55.7 cm³/mol. The summed E-state index contributed by atoms with van der Waals surface area (Å²) in [5.74, 6) is -0.976. The van der Waals surface area contributed by atoms with Crippen LogP contribution in [-0.2, 0) is 6.42 Å². The summed E-state index contributed by atoms with van der Waals surface area (Å²) in [6.45, 7) is 0. The van der Waals surface area contributed by atoms with Gasteiger partial charge < -0.3 is 10.2 Å². The van der Waals surface area contributed by atoms with Crippen LogP contribution in [0.3, 0.4) is 0 Å². The lowest BCUT2D eigenvalue weighted by atomic mass is 10.0. The molecule has 0 aliphatic heterocycles. The Balaban J connectivity index is 2.20. The van der Waals surface area contributed by atoms with E-state index in [9.17, 15) is 8.78 Å². The van der Waals surface area contributed by atoms with Gasteiger partial charge in [-0.1, -0.05) is 0 Å². The van der Waals surface area contributed by atoms with Gasteiger partial charge in [0.15, 0.2) is 0 Å². The molecule has 0 spiro atoms. The van der Waals surface area contributed by atoms with Crippen molar-refractivity contribution < 1.29 is 13.2 Å².